The largest absolute Gasteiger partial charge is 0.341 e. The van der Waals surface area contributed by atoms with Crippen LogP contribution in [0.1, 0.15) is 23.2 Å². The molecule has 1 saturated heterocycles. The van der Waals surface area contributed by atoms with Crippen LogP contribution in [0.2, 0.25) is 0 Å². The molecule has 1 heterocycles. The third-order valence-electron chi connectivity index (χ3n) is 3.44. The van der Waals surface area contributed by atoms with Crippen LogP contribution >= 0.6 is 0 Å². The lowest BCUT2D eigenvalue weighted by molar-refractivity contribution is 0.0760. The van der Waals surface area contributed by atoms with Gasteiger partial charge in [0.2, 0.25) is 0 Å². The van der Waals surface area contributed by atoms with Crippen LogP contribution in [-0.2, 0) is 0 Å². The zero-order chi connectivity index (χ0) is 13.8. The Morgan fingerprint density at radius 1 is 1.47 bits per heavy atom. The molecule has 1 aromatic rings. The molecule has 1 N–H and O–H groups in total. The van der Waals surface area contributed by atoms with Crippen molar-refractivity contribution in [1.29, 1.82) is 0 Å². The smallest absolute Gasteiger partial charge is 0.256 e. The second-order valence-electron chi connectivity index (χ2n) is 5.02. The molecule has 0 spiro atoms. The first-order chi connectivity index (χ1) is 9.08. The first kappa shape index (κ1) is 13.9. The Morgan fingerprint density at radius 2 is 2.26 bits per heavy atom. The Morgan fingerprint density at radius 3 is 2.89 bits per heavy atom. The maximum absolute atomic E-state index is 13.5. The quantitative estimate of drug-likeness (QED) is 0.910. The molecule has 1 aromatic carbocycles. The molecule has 0 aliphatic carbocycles. The van der Waals surface area contributed by atoms with E-state index in [1.54, 1.807) is 7.05 Å². The minimum atomic E-state index is -0.807. The molecule has 1 aliphatic heterocycles. The van der Waals surface area contributed by atoms with E-state index < -0.39 is 17.5 Å². The van der Waals surface area contributed by atoms with Crippen molar-refractivity contribution in [2.75, 3.05) is 26.7 Å². The van der Waals surface area contributed by atoms with Crippen LogP contribution in [-0.4, -0.2) is 37.5 Å². The van der Waals surface area contributed by atoms with Crippen molar-refractivity contribution in [3.63, 3.8) is 0 Å². The number of hydrogen-bond donors (Lipinski definition) is 1. The summed E-state index contributed by atoms with van der Waals surface area (Å²) in [6.07, 6.45) is 2.16. The molecule has 1 unspecified atom stereocenters. The Hall–Kier alpha value is -1.49. The van der Waals surface area contributed by atoms with Crippen molar-refractivity contribution in [2.24, 2.45) is 5.92 Å². The van der Waals surface area contributed by atoms with E-state index in [0.717, 1.165) is 38.1 Å². The fourth-order valence-corrected chi connectivity index (χ4v) is 2.42. The summed E-state index contributed by atoms with van der Waals surface area (Å²) in [6, 6.07) is 3.04. The molecule has 0 radical (unpaired) electrons. The monoisotopic (exact) mass is 268 g/mol. The molecule has 1 atom stereocenters. The maximum Gasteiger partial charge on any atom is 0.256 e. The van der Waals surface area contributed by atoms with Gasteiger partial charge in [-0.25, -0.2) is 8.78 Å². The van der Waals surface area contributed by atoms with Crippen molar-refractivity contribution in [1.82, 2.24) is 10.2 Å². The highest BCUT2D eigenvalue weighted by Gasteiger charge is 2.21. The molecule has 5 heteroatoms. The predicted octanol–water partition coefficient (Wildman–Crippen LogP) is 2.04. The lowest BCUT2D eigenvalue weighted by atomic mass is 9.99. The zero-order valence-corrected chi connectivity index (χ0v) is 11.0. The normalized spacial score (nSPS) is 19.2. The number of amides is 1. The lowest BCUT2D eigenvalue weighted by Crippen LogP contribution is -2.39. The summed E-state index contributed by atoms with van der Waals surface area (Å²) in [7, 11) is 1.65. The fourth-order valence-electron chi connectivity index (χ4n) is 2.42. The van der Waals surface area contributed by atoms with Gasteiger partial charge in [-0.3, -0.25) is 4.79 Å². The van der Waals surface area contributed by atoms with Crippen molar-refractivity contribution < 1.29 is 13.6 Å². The molecular formula is C14H18F2N2O. The Labute approximate surface area is 111 Å². The Balaban J connectivity index is 2.01. The number of rotatable bonds is 3. The van der Waals surface area contributed by atoms with E-state index in [1.165, 1.54) is 11.0 Å². The van der Waals surface area contributed by atoms with Crippen LogP contribution in [0.4, 0.5) is 8.78 Å². The van der Waals surface area contributed by atoms with Crippen LogP contribution in [0.15, 0.2) is 18.2 Å². The second kappa shape index (κ2) is 6.10. The SMILES string of the molecule is CN(CC1CCCNC1)C(=O)c1ccc(F)cc1F. The summed E-state index contributed by atoms with van der Waals surface area (Å²) in [5.41, 5.74) is -0.0762. The molecule has 1 aliphatic rings. The standard InChI is InChI=1S/C14H18F2N2O/c1-18(9-10-3-2-6-17-8-10)14(19)12-5-4-11(15)7-13(12)16/h4-5,7,10,17H,2-3,6,8-9H2,1H3. The molecule has 0 bridgehead atoms. The number of carbonyl (C=O) groups excluding carboxylic acids is 1. The summed E-state index contributed by atoms with van der Waals surface area (Å²) in [5.74, 6) is -1.49. The van der Waals surface area contributed by atoms with E-state index in [-0.39, 0.29) is 5.56 Å². The van der Waals surface area contributed by atoms with E-state index in [4.69, 9.17) is 0 Å². The van der Waals surface area contributed by atoms with Gasteiger partial charge in [-0.1, -0.05) is 0 Å². The topological polar surface area (TPSA) is 32.3 Å². The minimum Gasteiger partial charge on any atom is -0.341 e. The number of halogens is 2. The number of benzene rings is 1. The molecule has 1 amide bonds. The molecule has 2 rings (SSSR count). The predicted molar refractivity (Wildman–Crippen MR) is 68.9 cm³/mol. The van der Waals surface area contributed by atoms with Crippen LogP contribution in [0, 0.1) is 17.6 Å². The van der Waals surface area contributed by atoms with Crippen LogP contribution in [0.3, 0.4) is 0 Å². The number of carbonyl (C=O) groups is 1. The van der Waals surface area contributed by atoms with Crippen LogP contribution in [0.5, 0.6) is 0 Å². The molecule has 3 nitrogen and oxygen atoms in total. The highest BCUT2D eigenvalue weighted by molar-refractivity contribution is 5.94. The highest BCUT2D eigenvalue weighted by Crippen LogP contribution is 2.15. The maximum atomic E-state index is 13.5. The minimum absolute atomic E-state index is 0.0762. The fraction of sp³-hybridized carbons (Fsp3) is 0.500. The first-order valence-corrected chi connectivity index (χ1v) is 6.49. The Kier molecular flexibility index (Phi) is 4.47. The van der Waals surface area contributed by atoms with Crippen molar-refractivity contribution in [3.8, 4) is 0 Å². The van der Waals surface area contributed by atoms with E-state index in [2.05, 4.69) is 5.32 Å². The van der Waals surface area contributed by atoms with Gasteiger partial charge in [-0.2, -0.15) is 0 Å². The van der Waals surface area contributed by atoms with Gasteiger partial charge in [0, 0.05) is 19.7 Å². The second-order valence-corrected chi connectivity index (χ2v) is 5.02. The van der Waals surface area contributed by atoms with Crippen molar-refractivity contribution >= 4 is 5.91 Å². The van der Waals surface area contributed by atoms with Crippen molar-refractivity contribution in [3.05, 3.63) is 35.4 Å². The number of nitrogens with one attached hydrogen (secondary N) is 1. The van der Waals surface area contributed by atoms with Gasteiger partial charge in [0.15, 0.2) is 0 Å². The first-order valence-electron chi connectivity index (χ1n) is 6.49. The molecule has 0 aromatic heterocycles. The average molecular weight is 268 g/mol. The zero-order valence-electron chi connectivity index (χ0n) is 11.0. The van der Waals surface area contributed by atoms with Crippen molar-refractivity contribution in [2.45, 2.75) is 12.8 Å². The van der Waals surface area contributed by atoms with Crippen LogP contribution < -0.4 is 5.32 Å². The summed E-state index contributed by atoms with van der Waals surface area (Å²) < 4.78 is 26.4. The Bertz CT molecular complexity index is 459. The summed E-state index contributed by atoms with van der Waals surface area (Å²) in [6.45, 7) is 2.48. The lowest BCUT2D eigenvalue weighted by Gasteiger charge is -2.27. The van der Waals surface area contributed by atoms with Gasteiger partial charge in [0.1, 0.15) is 11.6 Å². The third kappa shape index (κ3) is 3.50. The van der Waals surface area contributed by atoms with E-state index in [0.29, 0.717) is 12.5 Å². The van der Waals surface area contributed by atoms with E-state index >= 15 is 0 Å². The van der Waals surface area contributed by atoms with Gasteiger partial charge >= 0.3 is 0 Å². The summed E-state index contributed by atoms with van der Waals surface area (Å²) in [4.78, 5) is 13.6. The van der Waals surface area contributed by atoms with Gasteiger partial charge in [-0.15, -0.1) is 0 Å². The number of nitrogens with zero attached hydrogens (tertiary/aromatic N) is 1. The number of piperidine rings is 1. The van der Waals surface area contributed by atoms with Crippen LogP contribution in [0.25, 0.3) is 0 Å². The number of hydrogen-bond acceptors (Lipinski definition) is 2. The van der Waals surface area contributed by atoms with Gasteiger partial charge in [-0.05, 0) is 44.0 Å². The average Bonchev–Trinajstić information content (AvgIpc) is 2.39. The molecular weight excluding hydrogens is 250 g/mol. The summed E-state index contributed by atoms with van der Waals surface area (Å²) >= 11 is 0. The van der Waals surface area contributed by atoms with Gasteiger partial charge in [0.05, 0.1) is 5.56 Å². The van der Waals surface area contributed by atoms with Gasteiger partial charge in [0.25, 0.3) is 5.91 Å². The highest BCUT2D eigenvalue weighted by atomic mass is 19.1. The van der Waals surface area contributed by atoms with Gasteiger partial charge < -0.3 is 10.2 Å². The van der Waals surface area contributed by atoms with E-state index in [9.17, 15) is 13.6 Å². The summed E-state index contributed by atoms with van der Waals surface area (Å²) in [5, 5.41) is 3.28. The molecule has 19 heavy (non-hydrogen) atoms. The van der Waals surface area contributed by atoms with E-state index in [1.807, 2.05) is 0 Å². The molecule has 1 fully saturated rings. The molecule has 0 saturated carbocycles. The molecule has 104 valence electrons. The third-order valence-corrected chi connectivity index (χ3v) is 3.44.